The largest absolute Gasteiger partial charge is 0.326 e. The number of imide groups is 1. The van der Waals surface area contributed by atoms with Gasteiger partial charge in [0.15, 0.2) is 0 Å². The lowest BCUT2D eigenvalue weighted by Crippen LogP contribution is -2.51. The van der Waals surface area contributed by atoms with Gasteiger partial charge < -0.3 is 5.32 Å². The first-order valence-corrected chi connectivity index (χ1v) is 10.2. The molecule has 29 heavy (non-hydrogen) atoms. The van der Waals surface area contributed by atoms with Crippen molar-refractivity contribution in [2.75, 3.05) is 6.67 Å². The van der Waals surface area contributed by atoms with Gasteiger partial charge in [-0.05, 0) is 54.5 Å². The van der Waals surface area contributed by atoms with Crippen molar-refractivity contribution in [1.82, 2.24) is 15.1 Å². The number of aryl methyl sites for hydroxylation is 1. The Morgan fingerprint density at radius 3 is 2.66 bits per heavy atom. The smallest absolute Gasteiger partial charge is 0.323 e. The Morgan fingerprint density at radius 1 is 1.10 bits per heavy atom. The topological polar surface area (TPSA) is 52.7 Å². The van der Waals surface area contributed by atoms with Gasteiger partial charge in [-0.3, -0.25) is 9.69 Å². The molecule has 1 spiro atoms. The van der Waals surface area contributed by atoms with Crippen LogP contribution in [0.2, 0.25) is 0 Å². The van der Waals surface area contributed by atoms with Crippen molar-refractivity contribution in [3.05, 3.63) is 71.0 Å². The quantitative estimate of drug-likeness (QED) is 0.794. The van der Waals surface area contributed by atoms with Gasteiger partial charge in [0.2, 0.25) is 0 Å². The summed E-state index contributed by atoms with van der Waals surface area (Å²) in [6, 6.07) is 14.6. The van der Waals surface area contributed by atoms with Crippen LogP contribution in [0.4, 0.5) is 9.18 Å². The van der Waals surface area contributed by atoms with Crippen LogP contribution in [0.5, 0.6) is 0 Å². The average molecular weight is 393 g/mol. The fraction of sp³-hybridized carbons (Fsp3) is 0.391. The molecule has 1 heterocycles. The van der Waals surface area contributed by atoms with Gasteiger partial charge in [-0.1, -0.05) is 36.4 Å². The van der Waals surface area contributed by atoms with Crippen LogP contribution < -0.4 is 5.32 Å². The van der Waals surface area contributed by atoms with Crippen LogP contribution in [0.3, 0.4) is 0 Å². The second kappa shape index (κ2) is 6.95. The number of fused-ring (bicyclic) bond motifs is 1. The summed E-state index contributed by atoms with van der Waals surface area (Å²) in [5.74, 6) is -0.407. The first-order chi connectivity index (χ1) is 14.0. The molecular weight excluding hydrogens is 369 g/mol. The number of carbonyl (C=O) groups is 2. The predicted octanol–water partition coefficient (Wildman–Crippen LogP) is 3.23. The molecule has 3 aliphatic rings. The number of nitrogens with zero attached hydrogens (tertiary/aromatic N) is 2. The van der Waals surface area contributed by atoms with E-state index >= 15 is 0 Å². The Hall–Kier alpha value is -2.73. The Kier molecular flexibility index (Phi) is 4.39. The molecule has 3 amide bonds. The number of nitrogens with one attached hydrogen (secondary N) is 1. The van der Waals surface area contributed by atoms with Crippen molar-refractivity contribution in [1.29, 1.82) is 0 Å². The zero-order valence-corrected chi connectivity index (χ0v) is 16.2. The summed E-state index contributed by atoms with van der Waals surface area (Å²) in [4.78, 5) is 29.6. The summed E-state index contributed by atoms with van der Waals surface area (Å²) in [5, 5.41) is 3.00. The molecule has 0 bridgehead atoms. The Balaban J connectivity index is 1.34. The lowest BCUT2D eigenvalue weighted by Gasteiger charge is -2.33. The van der Waals surface area contributed by atoms with Crippen molar-refractivity contribution in [3.8, 4) is 0 Å². The van der Waals surface area contributed by atoms with E-state index in [4.69, 9.17) is 0 Å². The third-order valence-electron chi connectivity index (χ3n) is 6.34. The molecule has 5 rings (SSSR count). The van der Waals surface area contributed by atoms with E-state index in [-0.39, 0.29) is 24.4 Å². The Labute approximate surface area is 169 Å². The number of rotatable bonds is 5. The molecule has 1 saturated carbocycles. The first kappa shape index (κ1) is 18.3. The van der Waals surface area contributed by atoms with Crippen molar-refractivity contribution >= 4 is 11.9 Å². The van der Waals surface area contributed by atoms with Crippen LogP contribution in [0.15, 0.2) is 48.5 Å². The minimum atomic E-state index is -0.834. The van der Waals surface area contributed by atoms with E-state index in [0.29, 0.717) is 25.4 Å². The van der Waals surface area contributed by atoms with E-state index in [0.717, 1.165) is 30.4 Å². The normalized spacial score (nSPS) is 23.6. The summed E-state index contributed by atoms with van der Waals surface area (Å²) < 4.78 is 13.6. The molecule has 2 aromatic carbocycles. The Bertz CT molecular complexity index is 974. The molecule has 1 aliphatic heterocycles. The number of hydrogen-bond acceptors (Lipinski definition) is 3. The molecular formula is C23H24FN3O2. The fourth-order valence-electron chi connectivity index (χ4n) is 4.62. The van der Waals surface area contributed by atoms with Gasteiger partial charge in [0.05, 0.1) is 6.67 Å². The Morgan fingerprint density at radius 2 is 1.90 bits per heavy atom. The second-order valence-corrected chi connectivity index (χ2v) is 8.44. The van der Waals surface area contributed by atoms with Gasteiger partial charge in [0.25, 0.3) is 5.91 Å². The molecule has 6 heteroatoms. The first-order valence-electron chi connectivity index (χ1n) is 10.2. The van der Waals surface area contributed by atoms with Crippen molar-refractivity contribution in [2.24, 2.45) is 0 Å². The van der Waals surface area contributed by atoms with Gasteiger partial charge in [-0.2, -0.15) is 0 Å². The van der Waals surface area contributed by atoms with E-state index in [1.807, 2.05) is 24.3 Å². The second-order valence-electron chi connectivity index (χ2n) is 8.44. The van der Waals surface area contributed by atoms with E-state index in [1.165, 1.54) is 22.6 Å². The van der Waals surface area contributed by atoms with Crippen LogP contribution in [0.25, 0.3) is 0 Å². The molecule has 2 aliphatic carbocycles. The summed E-state index contributed by atoms with van der Waals surface area (Å²) in [6.07, 6.45) is 4.02. The highest BCUT2D eigenvalue weighted by Crippen LogP contribution is 2.35. The summed E-state index contributed by atoms with van der Waals surface area (Å²) in [5.41, 5.74) is 2.40. The maximum Gasteiger partial charge on any atom is 0.326 e. The number of benzene rings is 2. The number of carbonyl (C=O) groups excluding carboxylic acids is 2. The zero-order valence-electron chi connectivity index (χ0n) is 16.2. The lowest BCUT2D eigenvalue weighted by atomic mass is 9.78. The predicted molar refractivity (Wildman–Crippen MR) is 106 cm³/mol. The van der Waals surface area contributed by atoms with Crippen LogP contribution in [0.1, 0.15) is 36.0 Å². The van der Waals surface area contributed by atoms with Crippen molar-refractivity contribution in [3.63, 3.8) is 0 Å². The molecule has 1 saturated heterocycles. The van der Waals surface area contributed by atoms with E-state index < -0.39 is 5.54 Å². The highest BCUT2D eigenvalue weighted by molar-refractivity contribution is 6.07. The maximum absolute atomic E-state index is 13.6. The van der Waals surface area contributed by atoms with E-state index in [9.17, 15) is 14.0 Å². The number of halogens is 1. The molecule has 0 radical (unpaired) electrons. The summed E-state index contributed by atoms with van der Waals surface area (Å²) >= 11 is 0. The van der Waals surface area contributed by atoms with Crippen LogP contribution >= 0.6 is 0 Å². The molecule has 150 valence electrons. The number of urea groups is 1. The monoisotopic (exact) mass is 393 g/mol. The standard InChI is InChI=1S/C23H24FN3O2/c24-19-7-3-4-16(12-19)14-26(20-8-9-20)15-27-21(28)23(25-22(27)29)11-10-17-5-1-2-6-18(17)13-23/h1-7,12,20H,8-11,13-15H2,(H,25,29). The SMILES string of the molecule is O=C1NC2(CCc3ccccc3C2)C(=O)N1CN(Cc1cccc(F)c1)C1CC1. The number of amides is 3. The zero-order chi connectivity index (χ0) is 20.0. The van der Waals surface area contributed by atoms with Gasteiger partial charge in [-0.15, -0.1) is 0 Å². The summed E-state index contributed by atoms with van der Waals surface area (Å²) in [7, 11) is 0. The molecule has 1 atom stereocenters. The number of hydrogen-bond donors (Lipinski definition) is 1. The van der Waals surface area contributed by atoms with Crippen LogP contribution in [0, 0.1) is 5.82 Å². The molecule has 2 aromatic rings. The van der Waals surface area contributed by atoms with Crippen LogP contribution in [-0.4, -0.2) is 40.0 Å². The third-order valence-corrected chi connectivity index (χ3v) is 6.34. The van der Waals surface area contributed by atoms with Gasteiger partial charge in [-0.25, -0.2) is 14.1 Å². The highest BCUT2D eigenvalue weighted by Gasteiger charge is 2.53. The molecule has 2 fully saturated rings. The average Bonchev–Trinajstić information content (AvgIpc) is 3.52. The summed E-state index contributed by atoms with van der Waals surface area (Å²) in [6.45, 7) is 0.768. The molecule has 5 nitrogen and oxygen atoms in total. The van der Waals surface area contributed by atoms with Gasteiger partial charge in [0, 0.05) is 19.0 Å². The van der Waals surface area contributed by atoms with E-state index in [1.54, 1.807) is 6.07 Å². The molecule has 0 aromatic heterocycles. The lowest BCUT2D eigenvalue weighted by molar-refractivity contribution is -0.133. The third kappa shape index (κ3) is 3.42. The fourth-order valence-corrected chi connectivity index (χ4v) is 4.62. The van der Waals surface area contributed by atoms with Crippen molar-refractivity contribution < 1.29 is 14.0 Å². The maximum atomic E-state index is 13.6. The minimum absolute atomic E-state index is 0.137. The molecule has 1 unspecified atom stereocenters. The van der Waals surface area contributed by atoms with E-state index in [2.05, 4.69) is 16.3 Å². The van der Waals surface area contributed by atoms with Crippen LogP contribution in [-0.2, 0) is 24.2 Å². The minimum Gasteiger partial charge on any atom is -0.323 e. The van der Waals surface area contributed by atoms with Gasteiger partial charge in [0.1, 0.15) is 11.4 Å². The van der Waals surface area contributed by atoms with Crippen molar-refractivity contribution in [2.45, 2.75) is 50.2 Å². The highest BCUT2D eigenvalue weighted by atomic mass is 19.1. The van der Waals surface area contributed by atoms with Gasteiger partial charge >= 0.3 is 6.03 Å². The molecule has 1 N–H and O–H groups in total.